The van der Waals surface area contributed by atoms with Crippen LogP contribution in [0.5, 0.6) is 0 Å². The van der Waals surface area contributed by atoms with Crippen LogP contribution in [0.15, 0.2) is 36.4 Å². The molecule has 102 valence electrons. The Bertz CT molecular complexity index is 608. The first-order chi connectivity index (χ1) is 9.70. The number of nitrogens with one attached hydrogen (secondary N) is 2. The van der Waals surface area contributed by atoms with Crippen LogP contribution in [0.3, 0.4) is 0 Å². The van der Waals surface area contributed by atoms with Gasteiger partial charge in [-0.3, -0.25) is 4.79 Å². The number of benzene rings is 1. The van der Waals surface area contributed by atoms with Crippen molar-refractivity contribution in [1.82, 2.24) is 10.2 Å². The molecule has 20 heavy (non-hydrogen) atoms. The predicted octanol–water partition coefficient (Wildman–Crippen LogP) is 2.44. The van der Waals surface area contributed by atoms with Gasteiger partial charge in [-0.15, -0.1) is 10.2 Å². The van der Waals surface area contributed by atoms with Crippen LogP contribution in [-0.2, 0) is 0 Å². The molecule has 1 amide bonds. The summed E-state index contributed by atoms with van der Waals surface area (Å²) in [5, 5.41) is 13.6. The van der Waals surface area contributed by atoms with Crippen LogP contribution >= 0.6 is 0 Å². The summed E-state index contributed by atoms with van der Waals surface area (Å²) in [6.45, 7) is 0. The number of hydrogen-bond donors (Lipinski definition) is 2. The second kappa shape index (κ2) is 5.24. The lowest BCUT2D eigenvalue weighted by Crippen LogP contribution is -2.15. The minimum Gasteiger partial charge on any atom is -0.366 e. The Balaban J connectivity index is 1.65. The second-order valence-electron chi connectivity index (χ2n) is 4.68. The van der Waals surface area contributed by atoms with E-state index >= 15 is 0 Å². The Morgan fingerprint density at radius 2 is 1.85 bits per heavy atom. The lowest BCUT2D eigenvalue weighted by molar-refractivity contribution is 0.102. The Kier molecular flexibility index (Phi) is 3.28. The molecule has 0 radical (unpaired) electrons. The Hall–Kier alpha value is -2.50. The van der Waals surface area contributed by atoms with E-state index in [1.54, 1.807) is 12.1 Å². The first-order valence-electron chi connectivity index (χ1n) is 6.38. The molecule has 1 fully saturated rings. The maximum Gasteiger partial charge on any atom is 0.276 e. The van der Waals surface area contributed by atoms with Gasteiger partial charge in [0.2, 0.25) is 0 Å². The summed E-state index contributed by atoms with van der Waals surface area (Å²) in [5.41, 5.74) is 0.731. The largest absolute Gasteiger partial charge is 0.366 e. The number of amides is 1. The highest BCUT2D eigenvalue weighted by Gasteiger charge is 2.21. The van der Waals surface area contributed by atoms with Crippen molar-refractivity contribution in [3.63, 3.8) is 0 Å². The quantitative estimate of drug-likeness (QED) is 0.897. The third-order valence-electron chi connectivity index (χ3n) is 2.93. The lowest BCUT2D eigenvalue weighted by Gasteiger charge is -2.05. The van der Waals surface area contributed by atoms with Gasteiger partial charge in [0.15, 0.2) is 5.69 Å². The third kappa shape index (κ3) is 3.09. The fourth-order valence-corrected chi connectivity index (χ4v) is 1.70. The summed E-state index contributed by atoms with van der Waals surface area (Å²) in [7, 11) is 0. The van der Waals surface area contributed by atoms with Crippen molar-refractivity contribution in [3.05, 3.63) is 47.9 Å². The normalized spacial score (nSPS) is 13.8. The van der Waals surface area contributed by atoms with E-state index in [-0.39, 0.29) is 17.4 Å². The second-order valence-corrected chi connectivity index (χ2v) is 4.68. The molecule has 5 nitrogen and oxygen atoms in total. The van der Waals surface area contributed by atoms with Gasteiger partial charge in [-0.05, 0) is 49.2 Å². The molecule has 6 heteroatoms. The highest BCUT2D eigenvalue weighted by atomic mass is 19.1. The average molecular weight is 272 g/mol. The molecule has 1 saturated carbocycles. The van der Waals surface area contributed by atoms with Crippen LogP contribution in [-0.4, -0.2) is 22.1 Å². The number of carbonyl (C=O) groups is 1. The maximum atomic E-state index is 12.8. The molecule has 0 atom stereocenters. The van der Waals surface area contributed by atoms with Crippen LogP contribution in [0, 0.1) is 5.82 Å². The fraction of sp³-hybridized carbons (Fsp3) is 0.214. The molecular formula is C14H13FN4O. The van der Waals surface area contributed by atoms with Crippen molar-refractivity contribution in [2.45, 2.75) is 18.9 Å². The van der Waals surface area contributed by atoms with Gasteiger partial charge in [-0.25, -0.2) is 4.39 Å². The van der Waals surface area contributed by atoms with E-state index in [0.717, 1.165) is 12.8 Å². The molecule has 0 aliphatic heterocycles. The molecule has 2 aromatic rings. The van der Waals surface area contributed by atoms with E-state index in [0.29, 0.717) is 17.5 Å². The number of rotatable bonds is 4. The maximum absolute atomic E-state index is 12.8. The number of anilines is 2. The van der Waals surface area contributed by atoms with Crippen molar-refractivity contribution >= 4 is 17.4 Å². The van der Waals surface area contributed by atoms with E-state index in [9.17, 15) is 9.18 Å². The smallest absolute Gasteiger partial charge is 0.276 e. The molecule has 1 aliphatic carbocycles. The molecular weight excluding hydrogens is 259 g/mol. The van der Waals surface area contributed by atoms with Crippen LogP contribution in [0.25, 0.3) is 0 Å². The summed E-state index contributed by atoms with van der Waals surface area (Å²) < 4.78 is 12.8. The minimum atomic E-state index is -0.373. The molecule has 1 aliphatic rings. The fourth-order valence-electron chi connectivity index (χ4n) is 1.70. The van der Waals surface area contributed by atoms with Crippen molar-refractivity contribution in [2.75, 3.05) is 10.6 Å². The monoisotopic (exact) mass is 272 g/mol. The van der Waals surface area contributed by atoms with Gasteiger partial charge in [0.1, 0.15) is 11.6 Å². The molecule has 0 bridgehead atoms. The van der Waals surface area contributed by atoms with Crippen molar-refractivity contribution in [2.24, 2.45) is 0 Å². The van der Waals surface area contributed by atoms with Crippen molar-refractivity contribution in [1.29, 1.82) is 0 Å². The molecule has 1 aromatic heterocycles. The number of nitrogens with zero attached hydrogens (tertiary/aromatic N) is 2. The highest BCUT2D eigenvalue weighted by Crippen LogP contribution is 2.23. The van der Waals surface area contributed by atoms with Gasteiger partial charge in [0.25, 0.3) is 5.91 Å². The molecule has 0 spiro atoms. The number of hydrogen-bond acceptors (Lipinski definition) is 4. The van der Waals surface area contributed by atoms with Gasteiger partial charge in [0, 0.05) is 11.7 Å². The van der Waals surface area contributed by atoms with E-state index in [4.69, 9.17) is 0 Å². The Morgan fingerprint density at radius 3 is 2.45 bits per heavy atom. The van der Waals surface area contributed by atoms with E-state index < -0.39 is 0 Å². The summed E-state index contributed by atoms with van der Waals surface area (Å²) in [4.78, 5) is 11.9. The Morgan fingerprint density at radius 1 is 1.10 bits per heavy atom. The van der Waals surface area contributed by atoms with Crippen LogP contribution in [0.1, 0.15) is 23.3 Å². The number of halogens is 1. The first kappa shape index (κ1) is 12.5. The topological polar surface area (TPSA) is 66.9 Å². The van der Waals surface area contributed by atoms with Crippen LogP contribution < -0.4 is 10.6 Å². The van der Waals surface area contributed by atoms with Gasteiger partial charge in [-0.1, -0.05) is 0 Å². The molecule has 3 rings (SSSR count). The number of aromatic nitrogens is 2. The number of carbonyl (C=O) groups excluding carboxylic acids is 1. The van der Waals surface area contributed by atoms with Crippen molar-refractivity contribution in [3.8, 4) is 0 Å². The van der Waals surface area contributed by atoms with Crippen LogP contribution in [0.4, 0.5) is 15.9 Å². The lowest BCUT2D eigenvalue weighted by atomic mass is 10.3. The van der Waals surface area contributed by atoms with Crippen molar-refractivity contribution < 1.29 is 9.18 Å². The average Bonchev–Trinajstić information content (AvgIpc) is 3.26. The van der Waals surface area contributed by atoms with E-state index in [2.05, 4.69) is 20.8 Å². The summed E-state index contributed by atoms with van der Waals surface area (Å²) >= 11 is 0. The zero-order valence-electron chi connectivity index (χ0n) is 10.6. The zero-order chi connectivity index (χ0) is 13.9. The molecule has 0 saturated heterocycles. The van der Waals surface area contributed by atoms with Gasteiger partial charge in [-0.2, -0.15) is 0 Å². The standard InChI is InChI=1S/C14H13FN4O/c15-9-1-3-11(4-2-9)17-14(20)12-7-8-13(19-18-12)16-10-5-6-10/h1-4,7-8,10H,5-6H2,(H,16,19)(H,17,20). The first-order valence-corrected chi connectivity index (χ1v) is 6.38. The Labute approximate surface area is 115 Å². The molecule has 2 N–H and O–H groups in total. The summed E-state index contributed by atoms with van der Waals surface area (Å²) in [6, 6.07) is 9.37. The molecule has 1 aromatic carbocycles. The summed E-state index contributed by atoms with van der Waals surface area (Å²) in [5.74, 6) is -0.0498. The minimum absolute atomic E-state index is 0.218. The predicted molar refractivity (Wildman–Crippen MR) is 73.0 cm³/mol. The zero-order valence-corrected chi connectivity index (χ0v) is 10.6. The summed E-state index contributed by atoms with van der Waals surface area (Å²) in [6.07, 6.45) is 2.29. The third-order valence-corrected chi connectivity index (χ3v) is 2.93. The highest BCUT2D eigenvalue weighted by molar-refractivity contribution is 6.02. The molecule has 1 heterocycles. The van der Waals surface area contributed by atoms with Crippen LogP contribution in [0.2, 0.25) is 0 Å². The van der Waals surface area contributed by atoms with E-state index in [1.807, 2.05) is 0 Å². The molecule has 0 unspecified atom stereocenters. The van der Waals surface area contributed by atoms with Gasteiger partial charge < -0.3 is 10.6 Å². The van der Waals surface area contributed by atoms with Gasteiger partial charge in [0.05, 0.1) is 0 Å². The van der Waals surface area contributed by atoms with E-state index in [1.165, 1.54) is 24.3 Å². The SMILES string of the molecule is O=C(Nc1ccc(F)cc1)c1ccc(NC2CC2)nn1. The van der Waals surface area contributed by atoms with Gasteiger partial charge >= 0.3 is 0 Å².